The second kappa shape index (κ2) is 5.53. The zero-order valence-electron chi connectivity index (χ0n) is 17.0. The Labute approximate surface area is 157 Å². The van der Waals surface area contributed by atoms with Gasteiger partial charge in [0, 0.05) is 12.3 Å². The average molecular weight is 359 g/mol. The second-order valence-corrected chi connectivity index (χ2v) is 10.6. The van der Waals surface area contributed by atoms with Crippen molar-refractivity contribution in [2.45, 2.75) is 78.7 Å². The third-order valence-electron chi connectivity index (χ3n) is 9.06. The summed E-state index contributed by atoms with van der Waals surface area (Å²) in [5.74, 6) is 2.60. The molecule has 4 aliphatic rings. The van der Waals surface area contributed by atoms with Crippen molar-refractivity contribution in [1.82, 2.24) is 0 Å². The molecule has 3 saturated carbocycles. The van der Waals surface area contributed by atoms with Gasteiger partial charge in [0.25, 0.3) is 0 Å². The molecule has 0 aliphatic heterocycles. The minimum absolute atomic E-state index is 0.0702. The first-order valence-corrected chi connectivity index (χ1v) is 10.5. The summed E-state index contributed by atoms with van der Waals surface area (Å²) in [6, 6.07) is 0. The van der Waals surface area contributed by atoms with E-state index >= 15 is 0 Å². The minimum Gasteiger partial charge on any atom is -0.386 e. The molecule has 0 aromatic heterocycles. The van der Waals surface area contributed by atoms with E-state index in [-0.39, 0.29) is 22.5 Å². The maximum absolute atomic E-state index is 12.4. The molecule has 1 N–H and O–H groups in total. The minimum atomic E-state index is -0.901. The summed E-state index contributed by atoms with van der Waals surface area (Å²) in [6.45, 7) is 10.6. The molecule has 0 spiro atoms. The molecule has 0 aromatic carbocycles. The Bertz CT molecular complexity index is 690. The van der Waals surface area contributed by atoms with Gasteiger partial charge in [0.15, 0.2) is 5.78 Å². The number of rotatable bonds is 1. The quantitative estimate of drug-likeness (QED) is 0.759. The molecule has 4 aliphatic carbocycles. The maximum atomic E-state index is 12.4. The molecule has 0 amide bonds. The fourth-order valence-corrected chi connectivity index (χ4v) is 8.23. The van der Waals surface area contributed by atoms with Crippen molar-refractivity contribution in [3.63, 3.8) is 0 Å². The highest BCUT2D eigenvalue weighted by Crippen LogP contribution is 2.69. The summed E-state index contributed by atoms with van der Waals surface area (Å²) in [4.78, 5) is 24.5. The highest BCUT2D eigenvalue weighted by molar-refractivity contribution is 5.92. The summed E-state index contributed by atoms with van der Waals surface area (Å²) in [7, 11) is 0. The monoisotopic (exact) mass is 358 g/mol. The van der Waals surface area contributed by atoms with Crippen molar-refractivity contribution in [1.29, 1.82) is 0 Å². The number of carbonyl (C=O) groups excluding carboxylic acids is 2. The first-order chi connectivity index (χ1) is 12.0. The van der Waals surface area contributed by atoms with Gasteiger partial charge in [-0.2, -0.15) is 0 Å². The lowest BCUT2D eigenvalue weighted by Gasteiger charge is -2.61. The number of hydrogen-bond acceptors (Lipinski definition) is 3. The van der Waals surface area contributed by atoms with Gasteiger partial charge in [-0.25, -0.2) is 0 Å². The Morgan fingerprint density at radius 3 is 2.54 bits per heavy atom. The van der Waals surface area contributed by atoms with E-state index in [9.17, 15) is 14.7 Å². The molecule has 3 fully saturated rings. The standard InChI is InChI=1S/C23H34O3/c1-13-10-18-16-12-23(5,26)19-11-15(25)6-8-21(19,3)17(16)7-9-22(18,4)20(13)14(2)24/h11,13,16-18,20,26H,6-10,12H2,1-5H3/t13?,16-,17+,18+,20-,21-,22+,23?/m1/s1. The van der Waals surface area contributed by atoms with Crippen molar-refractivity contribution in [3.05, 3.63) is 11.6 Å². The van der Waals surface area contributed by atoms with Gasteiger partial charge in [-0.15, -0.1) is 0 Å². The van der Waals surface area contributed by atoms with Gasteiger partial charge in [-0.1, -0.05) is 20.8 Å². The van der Waals surface area contributed by atoms with Crippen LogP contribution in [0.2, 0.25) is 0 Å². The number of Topliss-reactive ketones (excluding diaryl/α,β-unsaturated/α-hetero) is 1. The van der Waals surface area contributed by atoms with E-state index in [1.807, 2.05) is 6.92 Å². The predicted molar refractivity (Wildman–Crippen MR) is 101 cm³/mol. The Morgan fingerprint density at radius 2 is 1.88 bits per heavy atom. The number of fused-ring (bicyclic) bond motifs is 5. The summed E-state index contributed by atoms with van der Waals surface area (Å²) in [6.07, 6.45) is 7.30. The topological polar surface area (TPSA) is 54.4 Å². The zero-order valence-corrected chi connectivity index (χ0v) is 17.0. The van der Waals surface area contributed by atoms with Gasteiger partial charge in [-0.05, 0) is 92.1 Å². The number of ketones is 2. The van der Waals surface area contributed by atoms with Crippen LogP contribution in [-0.4, -0.2) is 22.3 Å². The molecule has 0 bridgehead atoms. The van der Waals surface area contributed by atoms with Gasteiger partial charge < -0.3 is 5.11 Å². The van der Waals surface area contributed by atoms with Gasteiger partial charge in [-0.3, -0.25) is 9.59 Å². The van der Waals surface area contributed by atoms with Crippen LogP contribution in [0.4, 0.5) is 0 Å². The lowest BCUT2D eigenvalue weighted by Crippen LogP contribution is -2.57. The molecule has 26 heavy (non-hydrogen) atoms. The Balaban J connectivity index is 1.77. The van der Waals surface area contributed by atoms with Crippen LogP contribution in [0, 0.1) is 40.4 Å². The van der Waals surface area contributed by atoms with Crippen molar-refractivity contribution < 1.29 is 14.7 Å². The van der Waals surface area contributed by atoms with Crippen LogP contribution < -0.4 is 0 Å². The molecular formula is C23H34O3. The van der Waals surface area contributed by atoms with Crippen LogP contribution >= 0.6 is 0 Å². The van der Waals surface area contributed by atoms with E-state index in [4.69, 9.17) is 0 Å². The van der Waals surface area contributed by atoms with E-state index in [1.54, 1.807) is 13.0 Å². The third-order valence-corrected chi connectivity index (χ3v) is 9.06. The number of hydrogen-bond donors (Lipinski definition) is 1. The van der Waals surface area contributed by atoms with Crippen LogP contribution in [0.25, 0.3) is 0 Å². The molecular weight excluding hydrogens is 324 g/mol. The molecule has 3 heteroatoms. The normalized spacial score (nSPS) is 53.4. The van der Waals surface area contributed by atoms with Crippen molar-refractivity contribution in [3.8, 4) is 0 Å². The highest BCUT2D eigenvalue weighted by atomic mass is 16.3. The van der Waals surface area contributed by atoms with Crippen molar-refractivity contribution >= 4 is 11.6 Å². The van der Waals surface area contributed by atoms with E-state index < -0.39 is 5.60 Å². The van der Waals surface area contributed by atoms with Crippen LogP contribution in [-0.2, 0) is 9.59 Å². The molecule has 0 heterocycles. The van der Waals surface area contributed by atoms with Gasteiger partial charge in [0.2, 0.25) is 0 Å². The van der Waals surface area contributed by atoms with E-state index in [0.717, 1.165) is 37.7 Å². The molecule has 0 saturated heterocycles. The fourth-order valence-electron chi connectivity index (χ4n) is 8.23. The zero-order chi connectivity index (χ0) is 19.1. The molecule has 2 unspecified atom stereocenters. The Hall–Kier alpha value is -0.960. The van der Waals surface area contributed by atoms with E-state index in [1.165, 1.54) is 0 Å². The van der Waals surface area contributed by atoms with Crippen molar-refractivity contribution in [2.75, 3.05) is 0 Å². The van der Waals surface area contributed by atoms with Gasteiger partial charge in [0.1, 0.15) is 5.78 Å². The SMILES string of the molecule is CC(=O)[C@H]1C(C)C[C@H]2[C@@H]3CC(C)(O)C4=CC(=O)CC[C@]4(C)[C@H]3CC[C@]12C. The summed E-state index contributed by atoms with van der Waals surface area (Å²) >= 11 is 0. The molecule has 0 aromatic rings. The fraction of sp³-hybridized carbons (Fsp3) is 0.826. The third kappa shape index (κ3) is 2.28. The van der Waals surface area contributed by atoms with Gasteiger partial charge >= 0.3 is 0 Å². The lowest BCUT2D eigenvalue weighted by molar-refractivity contribution is -0.135. The lowest BCUT2D eigenvalue weighted by atomic mass is 9.44. The predicted octanol–water partition coefficient (Wildman–Crippen LogP) is 4.33. The van der Waals surface area contributed by atoms with Crippen molar-refractivity contribution in [2.24, 2.45) is 40.4 Å². The number of carbonyl (C=O) groups is 2. The molecule has 0 radical (unpaired) electrons. The van der Waals surface area contributed by atoms with Crippen LogP contribution in [0.15, 0.2) is 11.6 Å². The number of aliphatic hydroxyl groups is 1. The Kier molecular flexibility index (Phi) is 3.91. The van der Waals surface area contributed by atoms with E-state index in [2.05, 4.69) is 20.8 Å². The maximum Gasteiger partial charge on any atom is 0.155 e. The van der Waals surface area contributed by atoms with Crippen LogP contribution in [0.5, 0.6) is 0 Å². The molecule has 8 atom stereocenters. The summed E-state index contributed by atoms with van der Waals surface area (Å²) < 4.78 is 0. The first kappa shape index (κ1) is 18.4. The van der Waals surface area contributed by atoms with Crippen LogP contribution in [0.1, 0.15) is 73.1 Å². The summed E-state index contributed by atoms with van der Waals surface area (Å²) in [5.41, 5.74) is 0.0891. The Morgan fingerprint density at radius 1 is 1.19 bits per heavy atom. The smallest absolute Gasteiger partial charge is 0.155 e. The van der Waals surface area contributed by atoms with Gasteiger partial charge in [0.05, 0.1) is 5.60 Å². The highest BCUT2D eigenvalue weighted by Gasteiger charge is 2.64. The summed E-state index contributed by atoms with van der Waals surface area (Å²) in [5, 5.41) is 11.3. The van der Waals surface area contributed by atoms with Crippen LogP contribution in [0.3, 0.4) is 0 Å². The molecule has 4 rings (SSSR count). The second-order valence-electron chi connectivity index (χ2n) is 10.6. The van der Waals surface area contributed by atoms with E-state index in [0.29, 0.717) is 35.9 Å². The molecule has 3 nitrogen and oxygen atoms in total. The largest absolute Gasteiger partial charge is 0.386 e. The first-order valence-electron chi connectivity index (χ1n) is 10.5. The molecule has 144 valence electrons. The average Bonchev–Trinajstić information content (AvgIpc) is 2.79.